The van der Waals surface area contributed by atoms with E-state index in [4.69, 9.17) is 4.74 Å². The van der Waals surface area contributed by atoms with Crippen LogP contribution in [0.4, 0.5) is 11.4 Å². The van der Waals surface area contributed by atoms with Crippen LogP contribution in [0.25, 0.3) is 0 Å². The number of hydrogen-bond donors (Lipinski definition) is 1. The summed E-state index contributed by atoms with van der Waals surface area (Å²) in [6.45, 7) is 2.32. The monoisotopic (exact) mass is 463 g/mol. The first kappa shape index (κ1) is 23.2. The molecule has 9 nitrogen and oxygen atoms in total. The number of carbonyl (C=O) groups is 5. The van der Waals surface area contributed by atoms with Crippen LogP contribution in [0.5, 0.6) is 0 Å². The highest BCUT2D eigenvalue weighted by Gasteiger charge is 2.35. The van der Waals surface area contributed by atoms with Crippen molar-refractivity contribution in [3.05, 3.63) is 59.2 Å². The van der Waals surface area contributed by atoms with E-state index in [0.29, 0.717) is 37.3 Å². The first-order chi connectivity index (χ1) is 16.4. The molecule has 1 fully saturated rings. The smallest absolute Gasteiger partial charge is 0.338 e. The number of ether oxygens (including phenoxy) is 1. The fourth-order valence-corrected chi connectivity index (χ4v) is 4.06. The topological polar surface area (TPSA) is 113 Å². The van der Waals surface area contributed by atoms with E-state index in [0.717, 1.165) is 12.8 Å². The average Bonchev–Trinajstić information content (AvgIpc) is 3.37. The van der Waals surface area contributed by atoms with Gasteiger partial charge in [0.25, 0.3) is 17.7 Å². The molecule has 2 heterocycles. The van der Waals surface area contributed by atoms with Crippen molar-refractivity contribution in [3.8, 4) is 0 Å². The van der Waals surface area contributed by atoms with Crippen LogP contribution >= 0.6 is 0 Å². The maximum Gasteiger partial charge on any atom is 0.338 e. The Morgan fingerprint density at radius 2 is 1.79 bits per heavy atom. The van der Waals surface area contributed by atoms with E-state index in [1.807, 2.05) is 6.92 Å². The van der Waals surface area contributed by atoms with Gasteiger partial charge in [-0.2, -0.15) is 0 Å². The Labute approximate surface area is 196 Å². The predicted octanol–water partition coefficient (Wildman–Crippen LogP) is 3.01. The highest BCUT2D eigenvalue weighted by molar-refractivity contribution is 6.22. The van der Waals surface area contributed by atoms with Crippen molar-refractivity contribution in [1.29, 1.82) is 0 Å². The van der Waals surface area contributed by atoms with Crippen molar-refractivity contribution in [2.45, 2.75) is 32.6 Å². The van der Waals surface area contributed by atoms with Gasteiger partial charge in [0.15, 0.2) is 6.61 Å². The van der Waals surface area contributed by atoms with Crippen molar-refractivity contribution >= 4 is 41.0 Å². The molecule has 0 unspecified atom stereocenters. The van der Waals surface area contributed by atoms with Gasteiger partial charge in [-0.1, -0.05) is 25.5 Å². The van der Waals surface area contributed by atoms with E-state index in [-0.39, 0.29) is 28.5 Å². The maximum absolute atomic E-state index is 12.6. The first-order valence-corrected chi connectivity index (χ1v) is 11.3. The molecule has 0 radical (unpaired) electrons. The van der Waals surface area contributed by atoms with E-state index in [9.17, 15) is 24.0 Å². The second-order valence-corrected chi connectivity index (χ2v) is 8.17. The number of anilines is 2. The summed E-state index contributed by atoms with van der Waals surface area (Å²) in [6.07, 6.45) is 2.76. The van der Waals surface area contributed by atoms with Crippen LogP contribution in [0.15, 0.2) is 42.5 Å². The third-order valence-corrected chi connectivity index (χ3v) is 5.82. The zero-order valence-electron chi connectivity index (χ0n) is 18.8. The number of nitrogens with zero attached hydrogens (tertiary/aromatic N) is 2. The van der Waals surface area contributed by atoms with Crippen molar-refractivity contribution in [1.82, 2.24) is 4.90 Å². The molecule has 34 heavy (non-hydrogen) atoms. The Bertz CT molecular complexity index is 1170. The van der Waals surface area contributed by atoms with Crippen molar-refractivity contribution in [3.63, 3.8) is 0 Å². The molecule has 2 aliphatic rings. The van der Waals surface area contributed by atoms with Crippen LogP contribution in [-0.2, 0) is 14.3 Å². The van der Waals surface area contributed by atoms with Gasteiger partial charge in [-0.15, -0.1) is 0 Å². The molecule has 1 N–H and O–H groups in total. The number of unbranched alkanes of at least 4 members (excludes halogenated alkanes) is 1. The van der Waals surface area contributed by atoms with Crippen LogP contribution in [0.2, 0.25) is 0 Å². The first-order valence-electron chi connectivity index (χ1n) is 11.3. The van der Waals surface area contributed by atoms with E-state index in [1.165, 1.54) is 23.1 Å². The van der Waals surface area contributed by atoms with Crippen LogP contribution in [0.3, 0.4) is 0 Å². The summed E-state index contributed by atoms with van der Waals surface area (Å²) in [7, 11) is 0. The number of amides is 4. The number of hydrogen-bond acceptors (Lipinski definition) is 6. The van der Waals surface area contributed by atoms with Crippen molar-refractivity contribution in [2.24, 2.45) is 0 Å². The fraction of sp³-hybridized carbons (Fsp3) is 0.320. The molecule has 0 atom stereocenters. The number of imide groups is 1. The molecule has 0 aromatic heterocycles. The molecule has 0 aliphatic carbocycles. The number of para-hydroxylation sites is 2. The summed E-state index contributed by atoms with van der Waals surface area (Å²) in [5.74, 6) is -2.17. The van der Waals surface area contributed by atoms with Gasteiger partial charge in [-0.25, -0.2) is 4.79 Å². The summed E-state index contributed by atoms with van der Waals surface area (Å²) in [4.78, 5) is 64.8. The Morgan fingerprint density at radius 1 is 1.03 bits per heavy atom. The minimum absolute atomic E-state index is 0.00831. The minimum atomic E-state index is -0.784. The number of rotatable bonds is 8. The normalized spacial score (nSPS) is 15.0. The van der Waals surface area contributed by atoms with Gasteiger partial charge in [0.05, 0.1) is 28.1 Å². The lowest BCUT2D eigenvalue weighted by Crippen LogP contribution is -2.30. The van der Waals surface area contributed by atoms with Gasteiger partial charge < -0.3 is 15.0 Å². The molecule has 4 rings (SSSR count). The molecule has 0 bridgehead atoms. The second kappa shape index (κ2) is 9.86. The molecule has 9 heteroatoms. The molecule has 4 amide bonds. The molecular formula is C25H25N3O6. The summed E-state index contributed by atoms with van der Waals surface area (Å²) >= 11 is 0. The lowest BCUT2D eigenvalue weighted by atomic mass is 10.1. The number of fused-ring (bicyclic) bond motifs is 1. The van der Waals surface area contributed by atoms with E-state index in [2.05, 4.69) is 5.32 Å². The van der Waals surface area contributed by atoms with Gasteiger partial charge in [0.1, 0.15) is 0 Å². The Morgan fingerprint density at radius 3 is 2.53 bits per heavy atom. The van der Waals surface area contributed by atoms with Crippen LogP contribution < -0.4 is 10.2 Å². The number of benzene rings is 2. The molecule has 1 saturated heterocycles. The molecule has 2 aliphatic heterocycles. The average molecular weight is 463 g/mol. The lowest BCUT2D eigenvalue weighted by Gasteiger charge is -2.19. The Kier molecular flexibility index (Phi) is 6.72. The van der Waals surface area contributed by atoms with Gasteiger partial charge in [0, 0.05) is 19.5 Å². The molecule has 2 aromatic rings. The lowest BCUT2D eigenvalue weighted by molar-refractivity contribution is -0.119. The summed E-state index contributed by atoms with van der Waals surface area (Å²) in [5.41, 5.74) is 1.53. The van der Waals surface area contributed by atoms with Gasteiger partial charge in [-0.05, 0) is 43.2 Å². The highest BCUT2D eigenvalue weighted by atomic mass is 16.5. The quantitative estimate of drug-likeness (QED) is 0.476. The van der Waals surface area contributed by atoms with Gasteiger partial charge >= 0.3 is 5.97 Å². The van der Waals surface area contributed by atoms with E-state index < -0.39 is 24.4 Å². The molecule has 176 valence electrons. The standard InChI is InChI=1S/C25H25N3O6/c1-2-3-12-28-23(31)17-11-10-16(14-18(17)24(28)32)25(33)34-15-21(29)26-19-7-4-5-8-20(19)27-13-6-9-22(27)30/h4-5,7-8,10-11,14H,2-3,6,9,12-13,15H2,1H3,(H,26,29). The highest BCUT2D eigenvalue weighted by Crippen LogP contribution is 2.29. The van der Waals surface area contributed by atoms with Gasteiger partial charge in [-0.3, -0.25) is 24.1 Å². The summed E-state index contributed by atoms with van der Waals surface area (Å²) in [6, 6.07) is 11.1. The third-order valence-electron chi connectivity index (χ3n) is 5.82. The minimum Gasteiger partial charge on any atom is -0.452 e. The fourth-order valence-electron chi connectivity index (χ4n) is 4.06. The second-order valence-electron chi connectivity index (χ2n) is 8.17. The van der Waals surface area contributed by atoms with Crippen LogP contribution in [0.1, 0.15) is 63.7 Å². The zero-order chi connectivity index (χ0) is 24.2. The Balaban J connectivity index is 1.39. The van der Waals surface area contributed by atoms with E-state index >= 15 is 0 Å². The summed E-state index contributed by atoms with van der Waals surface area (Å²) in [5, 5.41) is 2.68. The molecule has 2 aromatic carbocycles. The zero-order valence-corrected chi connectivity index (χ0v) is 18.8. The molecular weight excluding hydrogens is 438 g/mol. The number of esters is 1. The number of nitrogens with one attached hydrogen (secondary N) is 1. The van der Waals surface area contributed by atoms with Crippen LogP contribution in [0, 0.1) is 0 Å². The number of carbonyl (C=O) groups excluding carboxylic acids is 5. The SMILES string of the molecule is CCCCN1C(=O)c2ccc(C(=O)OCC(=O)Nc3ccccc3N3CCCC3=O)cc2C1=O. The van der Waals surface area contributed by atoms with E-state index in [1.54, 1.807) is 29.2 Å². The van der Waals surface area contributed by atoms with Crippen molar-refractivity contribution < 1.29 is 28.7 Å². The maximum atomic E-state index is 12.6. The summed E-state index contributed by atoms with van der Waals surface area (Å²) < 4.78 is 5.12. The largest absolute Gasteiger partial charge is 0.452 e. The van der Waals surface area contributed by atoms with Gasteiger partial charge in [0.2, 0.25) is 5.91 Å². The van der Waals surface area contributed by atoms with Crippen molar-refractivity contribution in [2.75, 3.05) is 29.9 Å². The predicted molar refractivity (Wildman–Crippen MR) is 124 cm³/mol. The van der Waals surface area contributed by atoms with Crippen LogP contribution in [-0.4, -0.2) is 54.2 Å². The molecule has 0 spiro atoms. The molecule has 0 saturated carbocycles. The third kappa shape index (κ3) is 4.54. The Hall–Kier alpha value is -4.01.